The second-order valence-electron chi connectivity index (χ2n) is 14.4. The van der Waals surface area contributed by atoms with Gasteiger partial charge in [0.25, 0.3) is 0 Å². The molecule has 0 atom stereocenters. The Hall–Kier alpha value is -7.49. The molecule has 0 fully saturated rings. The van der Waals surface area contributed by atoms with Crippen molar-refractivity contribution in [2.45, 2.75) is 0 Å². The molecular weight excluding hydrogens is 679 g/mol. The molecule has 0 aliphatic carbocycles. The van der Waals surface area contributed by atoms with Crippen molar-refractivity contribution in [3.05, 3.63) is 200 Å². The van der Waals surface area contributed by atoms with Crippen LogP contribution in [0.25, 0.3) is 110 Å². The Balaban J connectivity index is 1.02. The van der Waals surface area contributed by atoms with Crippen LogP contribution in [0.15, 0.2) is 200 Å². The lowest BCUT2D eigenvalue weighted by Gasteiger charge is -2.14. The fourth-order valence-corrected chi connectivity index (χ4v) is 8.35. The van der Waals surface area contributed by atoms with E-state index in [0.29, 0.717) is 5.82 Å². The topological polar surface area (TPSA) is 38.7 Å². The number of nitrogens with zero attached hydrogens (tertiary/aromatic N) is 3. The molecule has 0 spiro atoms. The smallest absolute Gasteiger partial charge is 0.160 e. The standard InChI is InChI=1S/C53H33N3/c1-2-14-45-34(7-1)8-5-15-46(45)35-18-24-41(25-19-35)53-55-49(32-50(56-53)43-12-4-11-42(31-43)44-13-6-30-54-33-44)37-20-16-36(17-21-37)47-28-26-40-23-22-38-9-3-10-39-27-29-48(47)52(40)51(38)39/h1-33H. The van der Waals surface area contributed by atoms with Crippen LogP contribution in [0, 0.1) is 0 Å². The van der Waals surface area contributed by atoms with Crippen molar-refractivity contribution in [2.75, 3.05) is 0 Å². The fourth-order valence-electron chi connectivity index (χ4n) is 8.35. The molecule has 11 rings (SSSR count). The molecule has 0 saturated carbocycles. The predicted octanol–water partition coefficient (Wildman–Crippen LogP) is 13.9. The van der Waals surface area contributed by atoms with Crippen molar-refractivity contribution in [3.63, 3.8) is 0 Å². The molecule has 0 amide bonds. The van der Waals surface area contributed by atoms with Crippen LogP contribution in [0.3, 0.4) is 0 Å². The quantitative estimate of drug-likeness (QED) is 0.161. The first-order chi connectivity index (χ1) is 27.7. The number of aromatic nitrogens is 3. The Bertz CT molecular complexity index is 3200. The monoisotopic (exact) mass is 711 g/mol. The van der Waals surface area contributed by atoms with E-state index in [4.69, 9.17) is 9.97 Å². The minimum atomic E-state index is 0.685. The largest absolute Gasteiger partial charge is 0.264 e. The summed E-state index contributed by atoms with van der Waals surface area (Å²) in [5, 5.41) is 10.2. The second-order valence-corrected chi connectivity index (χ2v) is 14.4. The average Bonchev–Trinajstić information content (AvgIpc) is 3.28. The Labute approximate surface area is 324 Å². The van der Waals surface area contributed by atoms with E-state index in [0.717, 1.165) is 44.8 Å². The highest BCUT2D eigenvalue weighted by atomic mass is 14.9. The molecule has 0 saturated heterocycles. The minimum absolute atomic E-state index is 0.685. The molecule has 11 aromatic rings. The predicted molar refractivity (Wildman–Crippen MR) is 234 cm³/mol. The number of pyridine rings is 1. The summed E-state index contributed by atoms with van der Waals surface area (Å²) in [6.45, 7) is 0. The fraction of sp³-hybridized carbons (Fsp3) is 0. The van der Waals surface area contributed by atoms with Gasteiger partial charge in [-0.3, -0.25) is 4.98 Å². The number of hydrogen-bond acceptors (Lipinski definition) is 3. The van der Waals surface area contributed by atoms with Crippen molar-refractivity contribution in [1.29, 1.82) is 0 Å². The van der Waals surface area contributed by atoms with E-state index >= 15 is 0 Å². The molecule has 0 aliphatic rings. The molecule has 56 heavy (non-hydrogen) atoms. The summed E-state index contributed by atoms with van der Waals surface area (Å²) in [7, 11) is 0. The lowest BCUT2D eigenvalue weighted by atomic mass is 9.89. The van der Waals surface area contributed by atoms with Crippen LogP contribution < -0.4 is 0 Å². The molecule has 2 aromatic heterocycles. The normalized spacial score (nSPS) is 11.6. The van der Waals surface area contributed by atoms with Gasteiger partial charge in [-0.1, -0.05) is 170 Å². The highest BCUT2D eigenvalue weighted by Crippen LogP contribution is 2.40. The molecule has 9 aromatic carbocycles. The van der Waals surface area contributed by atoms with Crippen molar-refractivity contribution in [3.8, 4) is 67.3 Å². The maximum atomic E-state index is 5.22. The molecule has 3 heteroatoms. The molecule has 0 aliphatic heterocycles. The van der Waals surface area contributed by atoms with Gasteiger partial charge in [0.1, 0.15) is 0 Å². The maximum absolute atomic E-state index is 5.22. The van der Waals surface area contributed by atoms with Crippen molar-refractivity contribution < 1.29 is 0 Å². The van der Waals surface area contributed by atoms with E-state index in [-0.39, 0.29) is 0 Å². The van der Waals surface area contributed by atoms with Crippen LogP contribution in [0.4, 0.5) is 0 Å². The molecular formula is C53H33N3. The van der Waals surface area contributed by atoms with Crippen LogP contribution in [-0.4, -0.2) is 15.0 Å². The molecule has 0 N–H and O–H groups in total. The third-order valence-electron chi connectivity index (χ3n) is 11.1. The number of fused-ring (bicyclic) bond motifs is 1. The van der Waals surface area contributed by atoms with E-state index in [2.05, 4.69) is 187 Å². The van der Waals surface area contributed by atoms with Crippen LogP contribution in [0.2, 0.25) is 0 Å². The highest BCUT2D eigenvalue weighted by molar-refractivity contribution is 6.25. The van der Waals surface area contributed by atoms with Gasteiger partial charge in [0.05, 0.1) is 11.4 Å². The number of hydrogen-bond donors (Lipinski definition) is 0. The zero-order valence-electron chi connectivity index (χ0n) is 30.4. The van der Waals surface area contributed by atoms with Gasteiger partial charge in [-0.15, -0.1) is 0 Å². The van der Waals surface area contributed by atoms with Gasteiger partial charge < -0.3 is 0 Å². The maximum Gasteiger partial charge on any atom is 0.160 e. The Kier molecular flexibility index (Phi) is 7.49. The molecule has 0 bridgehead atoms. The minimum Gasteiger partial charge on any atom is -0.264 e. The van der Waals surface area contributed by atoms with E-state index in [1.165, 1.54) is 59.8 Å². The van der Waals surface area contributed by atoms with E-state index in [9.17, 15) is 0 Å². The summed E-state index contributed by atoms with van der Waals surface area (Å²) < 4.78 is 0. The summed E-state index contributed by atoms with van der Waals surface area (Å²) in [6.07, 6.45) is 3.70. The summed E-state index contributed by atoms with van der Waals surface area (Å²) in [5.74, 6) is 0.685. The SMILES string of the molecule is c1cncc(-c2cccc(-c3cc(-c4ccc(-c5ccc6ccc7cccc8ccc5c6c78)cc4)nc(-c4ccc(-c5cccc6ccccc56)cc4)n3)c2)c1. The number of benzene rings is 9. The van der Waals surface area contributed by atoms with Gasteiger partial charge in [0.15, 0.2) is 5.82 Å². The molecule has 0 radical (unpaired) electrons. The summed E-state index contributed by atoms with van der Waals surface area (Å²) in [6, 6.07) is 67.3. The lowest BCUT2D eigenvalue weighted by Crippen LogP contribution is -1.96. The Morgan fingerprint density at radius 3 is 1.66 bits per heavy atom. The third kappa shape index (κ3) is 5.49. The van der Waals surface area contributed by atoms with Gasteiger partial charge in [0, 0.05) is 34.6 Å². The first-order valence-corrected chi connectivity index (χ1v) is 19.0. The first-order valence-electron chi connectivity index (χ1n) is 19.0. The van der Waals surface area contributed by atoms with Gasteiger partial charge in [-0.2, -0.15) is 0 Å². The first kappa shape index (κ1) is 32.0. The zero-order valence-corrected chi connectivity index (χ0v) is 30.4. The van der Waals surface area contributed by atoms with E-state index in [1.54, 1.807) is 6.20 Å². The van der Waals surface area contributed by atoms with Gasteiger partial charge in [-0.05, 0) is 89.1 Å². The van der Waals surface area contributed by atoms with Gasteiger partial charge >= 0.3 is 0 Å². The lowest BCUT2D eigenvalue weighted by molar-refractivity contribution is 1.18. The Morgan fingerprint density at radius 1 is 0.304 bits per heavy atom. The zero-order chi connectivity index (χ0) is 37.0. The molecule has 0 unspecified atom stereocenters. The van der Waals surface area contributed by atoms with Crippen molar-refractivity contribution in [1.82, 2.24) is 15.0 Å². The summed E-state index contributed by atoms with van der Waals surface area (Å²) in [5.41, 5.74) is 11.7. The summed E-state index contributed by atoms with van der Waals surface area (Å²) in [4.78, 5) is 14.8. The number of rotatable bonds is 6. The van der Waals surface area contributed by atoms with Crippen LogP contribution in [-0.2, 0) is 0 Å². The third-order valence-corrected chi connectivity index (χ3v) is 11.1. The molecule has 2 heterocycles. The van der Waals surface area contributed by atoms with Crippen molar-refractivity contribution >= 4 is 43.1 Å². The van der Waals surface area contributed by atoms with Crippen LogP contribution in [0.5, 0.6) is 0 Å². The van der Waals surface area contributed by atoms with Crippen molar-refractivity contribution in [2.24, 2.45) is 0 Å². The molecule has 260 valence electrons. The second kappa shape index (κ2) is 13.1. The van der Waals surface area contributed by atoms with Gasteiger partial charge in [0.2, 0.25) is 0 Å². The summed E-state index contributed by atoms with van der Waals surface area (Å²) >= 11 is 0. The highest BCUT2D eigenvalue weighted by Gasteiger charge is 2.15. The average molecular weight is 712 g/mol. The van der Waals surface area contributed by atoms with Gasteiger partial charge in [-0.25, -0.2) is 9.97 Å². The van der Waals surface area contributed by atoms with E-state index in [1.807, 2.05) is 12.3 Å². The van der Waals surface area contributed by atoms with Crippen LogP contribution in [0.1, 0.15) is 0 Å². The Morgan fingerprint density at radius 2 is 0.875 bits per heavy atom. The van der Waals surface area contributed by atoms with E-state index < -0.39 is 0 Å². The van der Waals surface area contributed by atoms with Crippen LogP contribution >= 0.6 is 0 Å². The molecule has 3 nitrogen and oxygen atoms in total.